The third-order valence-corrected chi connectivity index (χ3v) is 3.36. The number of aromatic nitrogens is 2. The number of benzene rings is 1. The van der Waals surface area contributed by atoms with Crippen molar-refractivity contribution in [2.75, 3.05) is 11.1 Å². The van der Waals surface area contributed by atoms with Gasteiger partial charge in [0.2, 0.25) is 0 Å². The Kier molecular flexibility index (Phi) is 3.90. The molecule has 0 fully saturated rings. The third kappa shape index (κ3) is 2.96. The van der Waals surface area contributed by atoms with E-state index in [-0.39, 0.29) is 5.91 Å². The second-order valence-corrected chi connectivity index (χ2v) is 5.03. The van der Waals surface area contributed by atoms with Crippen LogP contribution in [0, 0.1) is 6.92 Å². The molecule has 0 atom stereocenters. The zero-order chi connectivity index (χ0) is 14.0. The van der Waals surface area contributed by atoms with Gasteiger partial charge in [0, 0.05) is 16.7 Å². The van der Waals surface area contributed by atoms with Crippen LogP contribution in [0.5, 0.6) is 0 Å². The third-order valence-electron chi connectivity index (χ3n) is 2.67. The maximum atomic E-state index is 12.2. The largest absolute Gasteiger partial charge is 0.399 e. The number of hydrogen-bond donors (Lipinski definition) is 2. The molecule has 3 N–H and O–H groups in total. The highest BCUT2D eigenvalue weighted by atomic mass is 79.9. The van der Waals surface area contributed by atoms with Crippen LogP contribution in [-0.4, -0.2) is 15.7 Å². The Hall–Kier alpha value is -1.82. The van der Waals surface area contributed by atoms with Crippen molar-refractivity contribution in [1.29, 1.82) is 0 Å². The molecule has 0 bridgehead atoms. The fourth-order valence-electron chi connectivity index (χ4n) is 1.79. The molecular weight excluding hydrogens is 308 g/mol. The van der Waals surface area contributed by atoms with E-state index in [9.17, 15) is 4.79 Å². The van der Waals surface area contributed by atoms with Crippen LogP contribution in [0.25, 0.3) is 0 Å². The van der Waals surface area contributed by atoms with E-state index in [0.717, 1.165) is 10.2 Å². The molecule has 0 unspecified atom stereocenters. The number of amides is 1. The number of halogens is 1. The molecule has 19 heavy (non-hydrogen) atoms. The number of nitrogens with zero attached hydrogens (tertiary/aromatic N) is 2. The molecule has 2 rings (SSSR count). The molecule has 0 saturated carbocycles. The SMILES string of the molecule is CCn1nc(C)cc1C(=O)Nc1cc(N)ccc1Br. The standard InChI is InChI=1S/C13H15BrN4O/c1-3-18-12(6-8(2)17-18)13(19)16-11-7-9(15)4-5-10(11)14/h4-7H,3,15H2,1-2H3,(H,16,19). The Bertz CT molecular complexity index is 621. The molecule has 1 aromatic carbocycles. The molecule has 0 aliphatic carbocycles. The number of nitrogens with one attached hydrogen (secondary N) is 1. The highest BCUT2D eigenvalue weighted by molar-refractivity contribution is 9.10. The summed E-state index contributed by atoms with van der Waals surface area (Å²) in [6.07, 6.45) is 0. The molecule has 1 amide bonds. The molecule has 1 heterocycles. The molecular formula is C13H15BrN4O. The van der Waals surface area contributed by atoms with Crippen molar-refractivity contribution in [2.24, 2.45) is 0 Å². The van der Waals surface area contributed by atoms with Crippen LogP contribution in [0.2, 0.25) is 0 Å². The van der Waals surface area contributed by atoms with Crippen LogP contribution in [-0.2, 0) is 6.54 Å². The number of aryl methyl sites for hydroxylation is 2. The molecule has 0 saturated heterocycles. The van der Waals surface area contributed by atoms with E-state index >= 15 is 0 Å². The van der Waals surface area contributed by atoms with Crippen molar-refractivity contribution in [3.05, 3.63) is 40.1 Å². The first-order valence-electron chi connectivity index (χ1n) is 5.92. The smallest absolute Gasteiger partial charge is 0.273 e. The fraction of sp³-hybridized carbons (Fsp3) is 0.231. The van der Waals surface area contributed by atoms with Gasteiger partial charge >= 0.3 is 0 Å². The summed E-state index contributed by atoms with van der Waals surface area (Å²) in [4.78, 5) is 12.2. The van der Waals surface area contributed by atoms with Gasteiger partial charge in [-0.15, -0.1) is 0 Å². The number of anilines is 2. The summed E-state index contributed by atoms with van der Waals surface area (Å²) < 4.78 is 2.46. The van der Waals surface area contributed by atoms with Crippen LogP contribution < -0.4 is 11.1 Å². The lowest BCUT2D eigenvalue weighted by atomic mass is 10.2. The van der Waals surface area contributed by atoms with Gasteiger partial charge in [-0.25, -0.2) is 0 Å². The summed E-state index contributed by atoms with van der Waals surface area (Å²) in [6.45, 7) is 4.45. The van der Waals surface area contributed by atoms with Crippen molar-refractivity contribution >= 4 is 33.2 Å². The number of nitrogens with two attached hydrogens (primary N) is 1. The Balaban J connectivity index is 2.27. The Morgan fingerprint density at radius 1 is 1.47 bits per heavy atom. The maximum Gasteiger partial charge on any atom is 0.273 e. The normalized spacial score (nSPS) is 10.5. The van der Waals surface area contributed by atoms with E-state index in [1.54, 1.807) is 28.9 Å². The van der Waals surface area contributed by atoms with Gasteiger partial charge in [-0.2, -0.15) is 5.10 Å². The van der Waals surface area contributed by atoms with Gasteiger partial charge in [0.1, 0.15) is 5.69 Å². The van der Waals surface area contributed by atoms with E-state index in [0.29, 0.717) is 23.6 Å². The quantitative estimate of drug-likeness (QED) is 0.853. The van der Waals surface area contributed by atoms with Gasteiger partial charge in [0.25, 0.3) is 5.91 Å². The second-order valence-electron chi connectivity index (χ2n) is 4.18. The minimum atomic E-state index is -0.200. The van der Waals surface area contributed by atoms with Gasteiger partial charge in [0.05, 0.1) is 11.4 Å². The highest BCUT2D eigenvalue weighted by Gasteiger charge is 2.14. The predicted octanol–water partition coefficient (Wildman–Crippen LogP) is 2.81. The van der Waals surface area contributed by atoms with Crippen molar-refractivity contribution in [1.82, 2.24) is 9.78 Å². The van der Waals surface area contributed by atoms with E-state index in [4.69, 9.17) is 5.73 Å². The summed E-state index contributed by atoms with van der Waals surface area (Å²) in [5, 5.41) is 7.08. The van der Waals surface area contributed by atoms with Gasteiger partial charge in [-0.1, -0.05) is 0 Å². The zero-order valence-electron chi connectivity index (χ0n) is 10.8. The number of carbonyl (C=O) groups is 1. The number of hydrogen-bond acceptors (Lipinski definition) is 3. The molecule has 0 aliphatic rings. The van der Waals surface area contributed by atoms with E-state index in [1.807, 2.05) is 13.8 Å². The van der Waals surface area contributed by atoms with Gasteiger partial charge in [0.15, 0.2) is 0 Å². The molecule has 0 radical (unpaired) electrons. The van der Waals surface area contributed by atoms with E-state index < -0.39 is 0 Å². The number of nitrogen functional groups attached to an aromatic ring is 1. The summed E-state index contributed by atoms with van der Waals surface area (Å²) in [7, 11) is 0. The Labute approximate surface area is 119 Å². The summed E-state index contributed by atoms with van der Waals surface area (Å²) in [5.41, 5.74) is 8.31. The minimum absolute atomic E-state index is 0.200. The highest BCUT2D eigenvalue weighted by Crippen LogP contribution is 2.25. The zero-order valence-corrected chi connectivity index (χ0v) is 12.4. The first-order chi connectivity index (χ1) is 9.01. The van der Waals surface area contributed by atoms with Crippen LogP contribution in [0.3, 0.4) is 0 Å². The summed E-state index contributed by atoms with van der Waals surface area (Å²) >= 11 is 3.38. The molecule has 100 valence electrons. The Morgan fingerprint density at radius 2 is 2.21 bits per heavy atom. The van der Waals surface area contributed by atoms with Crippen LogP contribution in [0.1, 0.15) is 23.1 Å². The first-order valence-corrected chi connectivity index (χ1v) is 6.71. The van der Waals surface area contributed by atoms with Gasteiger partial charge in [-0.05, 0) is 54.0 Å². The monoisotopic (exact) mass is 322 g/mol. The van der Waals surface area contributed by atoms with Crippen LogP contribution in [0.4, 0.5) is 11.4 Å². The van der Waals surface area contributed by atoms with Crippen molar-refractivity contribution < 1.29 is 4.79 Å². The molecule has 2 aromatic rings. The molecule has 1 aromatic heterocycles. The minimum Gasteiger partial charge on any atom is -0.399 e. The number of carbonyl (C=O) groups excluding carboxylic acids is 1. The van der Waals surface area contributed by atoms with Crippen molar-refractivity contribution in [2.45, 2.75) is 20.4 Å². The fourth-order valence-corrected chi connectivity index (χ4v) is 2.14. The van der Waals surface area contributed by atoms with Gasteiger partial charge < -0.3 is 11.1 Å². The maximum absolute atomic E-state index is 12.2. The van der Waals surface area contributed by atoms with Gasteiger partial charge in [-0.3, -0.25) is 9.48 Å². The molecule has 0 aliphatic heterocycles. The van der Waals surface area contributed by atoms with Crippen LogP contribution in [0.15, 0.2) is 28.7 Å². The summed E-state index contributed by atoms with van der Waals surface area (Å²) in [5.74, 6) is -0.200. The van der Waals surface area contributed by atoms with Crippen molar-refractivity contribution in [3.63, 3.8) is 0 Å². The lowest BCUT2D eigenvalue weighted by Gasteiger charge is -2.09. The van der Waals surface area contributed by atoms with E-state index in [2.05, 4.69) is 26.3 Å². The average molecular weight is 323 g/mol. The topological polar surface area (TPSA) is 72.9 Å². The molecule has 0 spiro atoms. The van der Waals surface area contributed by atoms with E-state index in [1.165, 1.54) is 0 Å². The molecule has 5 nitrogen and oxygen atoms in total. The van der Waals surface area contributed by atoms with Crippen molar-refractivity contribution in [3.8, 4) is 0 Å². The second kappa shape index (κ2) is 5.44. The predicted molar refractivity (Wildman–Crippen MR) is 79.1 cm³/mol. The summed E-state index contributed by atoms with van der Waals surface area (Å²) in [6, 6.07) is 7.04. The lowest BCUT2D eigenvalue weighted by molar-refractivity contribution is 0.101. The Morgan fingerprint density at radius 3 is 2.89 bits per heavy atom. The number of rotatable bonds is 3. The van der Waals surface area contributed by atoms with Crippen LogP contribution >= 0.6 is 15.9 Å². The lowest BCUT2D eigenvalue weighted by Crippen LogP contribution is -2.17. The molecule has 6 heteroatoms. The first kappa shape index (κ1) is 13.6. The average Bonchev–Trinajstić information content (AvgIpc) is 2.75.